The molecule has 0 heterocycles. The molecule has 0 atom stereocenters. The molecule has 0 spiro atoms. The summed E-state index contributed by atoms with van der Waals surface area (Å²) in [6, 6.07) is 9.97. The van der Waals surface area contributed by atoms with Crippen molar-refractivity contribution >= 4 is 17.7 Å². The Balaban J connectivity index is 2.15. The van der Waals surface area contributed by atoms with Crippen molar-refractivity contribution in [2.24, 2.45) is 0 Å². The maximum Gasteiger partial charge on any atom is 0.335 e. The smallest absolute Gasteiger partial charge is 0.335 e. The van der Waals surface area contributed by atoms with E-state index in [0.29, 0.717) is 10.6 Å². The molecule has 0 saturated heterocycles. The Morgan fingerprint density at radius 2 is 1.90 bits per heavy atom. The van der Waals surface area contributed by atoms with Gasteiger partial charge in [-0.25, -0.2) is 9.18 Å². The molecule has 104 valence electrons. The van der Waals surface area contributed by atoms with Crippen molar-refractivity contribution in [3.63, 3.8) is 0 Å². The van der Waals surface area contributed by atoms with Gasteiger partial charge in [0.1, 0.15) is 5.82 Å². The van der Waals surface area contributed by atoms with E-state index in [-0.39, 0.29) is 11.4 Å². The quantitative estimate of drug-likeness (QED) is 0.846. The SMILES string of the molecule is Cc1ccc(CSc2cc(C(=O)O)ccc2F)cc1C. The van der Waals surface area contributed by atoms with E-state index in [4.69, 9.17) is 5.11 Å². The summed E-state index contributed by atoms with van der Waals surface area (Å²) in [5.74, 6) is -0.817. The van der Waals surface area contributed by atoms with Crippen LogP contribution in [0.5, 0.6) is 0 Å². The van der Waals surface area contributed by atoms with Crippen LogP contribution in [0, 0.1) is 19.7 Å². The second-order valence-electron chi connectivity index (χ2n) is 4.66. The maximum atomic E-state index is 13.7. The Morgan fingerprint density at radius 1 is 1.15 bits per heavy atom. The van der Waals surface area contributed by atoms with Crippen molar-refractivity contribution in [1.29, 1.82) is 0 Å². The number of hydrogen-bond donors (Lipinski definition) is 1. The summed E-state index contributed by atoms with van der Waals surface area (Å²) in [4.78, 5) is 11.3. The van der Waals surface area contributed by atoms with E-state index in [1.807, 2.05) is 26.0 Å². The van der Waals surface area contributed by atoms with Crippen LogP contribution < -0.4 is 0 Å². The zero-order chi connectivity index (χ0) is 14.7. The third kappa shape index (κ3) is 3.39. The lowest BCUT2D eigenvalue weighted by Crippen LogP contribution is -1.97. The summed E-state index contributed by atoms with van der Waals surface area (Å²) in [5, 5.41) is 8.92. The van der Waals surface area contributed by atoms with Crippen molar-refractivity contribution in [3.8, 4) is 0 Å². The summed E-state index contributed by atoms with van der Waals surface area (Å²) in [5.41, 5.74) is 3.62. The number of halogens is 1. The molecule has 0 saturated carbocycles. The molecule has 0 aliphatic carbocycles. The highest BCUT2D eigenvalue weighted by Gasteiger charge is 2.09. The first-order chi connectivity index (χ1) is 9.47. The lowest BCUT2D eigenvalue weighted by atomic mass is 10.1. The molecule has 0 radical (unpaired) electrons. The standard InChI is InChI=1S/C16H15FO2S/c1-10-3-4-12(7-11(10)2)9-20-15-8-13(16(18)19)5-6-14(15)17/h3-8H,9H2,1-2H3,(H,18,19). The molecule has 0 aliphatic rings. The molecule has 1 N–H and O–H groups in total. The van der Waals surface area contributed by atoms with E-state index in [1.165, 1.54) is 41.1 Å². The number of benzene rings is 2. The molecule has 20 heavy (non-hydrogen) atoms. The van der Waals surface area contributed by atoms with Crippen molar-refractivity contribution in [2.45, 2.75) is 24.5 Å². The van der Waals surface area contributed by atoms with Crippen molar-refractivity contribution in [3.05, 3.63) is 64.5 Å². The molecule has 0 amide bonds. The van der Waals surface area contributed by atoms with Crippen LogP contribution in [0.25, 0.3) is 0 Å². The zero-order valence-electron chi connectivity index (χ0n) is 11.3. The summed E-state index contributed by atoms with van der Waals surface area (Å²) in [6.07, 6.45) is 0. The molecular formula is C16H15FO2S. The van der Waals surface area contributed by atoms with Crippen LogP contribution in [0.3, 0.4) is 0 Å². The van der Waals surface area contributed by atoms with Gasteiger partial charge in [-0.15, -0.1) is 11.8 Å². The van der Waals surface area contributed by atoms with Crippen LogP contribution in [0.4, 0.5) is 4.39 Å². The number of carboxylic acid groups (broad SMARTS) is 1. The number of carboxylic acids is 1. The van der Waals surface area contributed by atoms with Gasteiger partial charge >= 0.3 is 5.97 Å². The topological polar surface area (TPSA) is 37.3 Å². The van der Waals surface area contributed by atoms with E-state index < -0.39 is 5.97 Å². The molecule has 2 aromatic carbocycles. The Kier molecular flexibility index (Phi) is 4.45. The van der Waals surface area contributed by atoms with Gasteiger partial charge in [-0.1, -0.05) is 18.2 Å². The normalized spacial score (nSPS) is 10.6. The van der Waals surface area contributed by atoms with Gasteiger partial charge < -0.3 is 5.11 Å². The Labute approximate surface area is 121 Å². The lowest BCUT2D eigenvalue weighted by molar-refractivity contribution is 0.0696. The highest BCUT2D eigenvalue weighted by atomic mass is 32.2. The zero-order valence-corrected chi connectivity index (χ0v) is 12.1. The van der Waals surface area contributed by atoms with Crippen LogP contribution in [0.15, 0.2) is 41.3 Å². The Hall–Kier alpha value is -1.81. The minimum Gasteiger partial charge on any atom is -0.478 e. The van der Waals surface area contributed by atoms with E-state index >= 15 is 0 Å². The molecule has 4 heteroatoms. The first-order valence-electron chi connectivity index (χ1n) is 6.19. The summed E-state index contributed by atoms with van der Waals surface area (Å²) in [6.45, 7) is 4.08. The fourth-order valence-electron chi connectivity index (χ4n) is 1.80. The predicted molar refractivity (Wildman–Crippen MR) is 78.8 cm³/mol. The number of hydrogen-bond acceptors (Lipinski definition) is 2. The molecule has 2 rings (SSSR count). The lowest BCUT2D eigenvalue weighted by Gasteiger charge is -2.07. The van der Waals surface area contributed by atoms with E-state index in [0.717, 1.165) is 5.56 Å². The fraction of sp³-hybridized carbons (Fsp3) is 0.188. The highest BCUT2D eigenvalue weighted by molar-refractivity contribution is 7.98. The van der Waals surface area contributed by atoms with Crippen LogP contribution in [0.1, 0.15) is 27.0 Å². The first kappa shape index (κ1) is 14.6. The Morgan fingerprint density at radius 3 is 2.55 bits per heavy atom. The van der Waals surface area contributed by atoms with Gasteiger partial charge in [0, 0.05) is 10.6 Å². The molecule has 0 aromatic heterocycles. The van der Waals surface area contributed by atoms with E-state index in [2.05, 4.69) is 6.07 Å². The van der Waals surface area contributed by atoms with Gasteiger partial charge in [-0.3, -0.25) is 0 Å². The summed E-state index contributed by atoms with van der Waals surface area (Å²) >= 11 is 1.31. The molecule has 0 unspecified atom stereocenters. The third-order valence-electron chi connectivity index (χ3n) is 3.14. The van der Waals surface area contributed by atoms with Crippen molar-refractivity contribution in [1.82, 2.24) is 0 Å². The van der Waals surface area contributed by atoms with Gasteiger partial charge in [0.25, 0.3) is 0 Å². The molecule has 2 nitrogen and oxygen atoms in total. The average Bonchev–Trinajstić information content (AvgIpc) is 2.41. The van der Waals surface area contributed by atoms with Gasteiger partial charge in [-0.2, -0.15) is 0 Å². The fourth-order valence-corrected chi connectivity index (χ4v) is 2.72. The van der Waals surface area contributed by atoms with Gasteiger partial charge in [0.2, 0.25) is 0 Å². The third-order valence-corrected chi connectivity index (χ3v) is 4.25. The number of rotatable bonds is 4. The van der Waals surface area contributed by atoms with Crippen molar-refractivity contribution < 1.29 is 14.3 Å². The number of aryl methyl sites for hydroxylation is 2. The summed E-state index contributed by atoms with van der Waals surface area (Å²) < 4.78 is 13.7. The number of thioether (sulfide) groups is 1. The van der Waals surface area contributed by atoms with Crippen molar-refractivity contribution in [2.75, 3.05) is 0 Å². The van der Waals surface area contributed by atoms with Crippen LogP contribution in [-0.4, -0.2) is 11.1 Å². The van der Waals surface area contributed by atoms with Crippen LogP contribution >= 0.6 is 11.8 Å². The second kappa shape index (κ2) is 6.09. The monoisotopic (exact) mass is 290 g/mol. The number of aromatic carboxylic acids is 1. The van der Waals surface area contributed by atoms with Gasteiger partial charge in [-0.05, 0) is 48.7 Å². The van der Waals surface area contributed by atoms with Crippen LogP contribution in [-0.2, 0) is 5.75 Å². The van der Waals surface area contributed by atoms with E-state index in [9.17, 15) is 9.18 Å². The van der Waals surface area contributed by atoms with Gasteiger partial charge in [0.15, 0.2) is 0 Å². The summed E-state index contributed by atoms with van der Waals surface area (Å²) in [7, 11) is 0. The second-order valence-corrected chi connectivity index (χ2v) is 5.67. The highest BCUT2D eigenvalue weighted by Crippen LogP contribution is 2.27. The largest absolute Gasteiger partial charge is 0.478 e. The molecule has 0 aliphatic heterocycles. The minimum atomic E-state index is -1.04. The molecule has 0 fully saturated rings. The van der Waals surface area contributed by atoms with E-state index in [1.54, 1.807) is 0 Å². The maximum absolute atomic E-state index is 13.7. The molecule has 0 bridgehead atoms. The number of carbonyl (C=O) groups is 1. The Bertz CT molecular complexity index is 653. The van der Waals surface area contributed by atoms with Gasteiger partial charge in [0.05, 0.1) is 5.56 Å². The predicted octanol–water partition coefficient (Wildman–Crippen LogP) is 4.43. The van der Waals surface area contributed by atoms with Crippen LogP contribution in [0.2, 0.25) is 0 Å². The molecular weight excluding hydrogens is 275 g/mol. The average molecular weight is 290 g/mol. The molecule has 2 aromatic rings. The minimum absolute atomic E-state index is 0.106. The first-order valence-corrected chi connectivity index (χ1v) is 7.17.